The number of benzene rings is 2. The van der Waals surface area contributed by atoms with Gasteiger partial charge < -0.3 is 4.90 Å². The van der Waals surface area contributed by atoms with Crippen molar-refractivity contribution in [2.45, 2.75) is 13.5 Å². The van der Waals surface area contributed by atoms with Crippen molar-refractivity contribution in [3.63, 3.8) is 0 Å². The first-order valence-corrected chi connectivity index (χ1v) is 11.0. The van der Waals surface area contributed by atoms with Crippen molar-refractivity contribution in [2.75, 3.05) is 29.5 Å². The number of carbonyl (C=O) groups is 2. The van der Waals surface area contributed by atoms with E-state index < -0.39 is 15.7 Å². The fourth-order valence-corrected chi connectivity index (χ4v) is 4.30. The number of amides is 3. The van der Waals surface area contributed by atoms with Gasteiger partial charge in [0.15, 0.2) is 9.84 Å². The summed E-state index contributed by atoms with van der Waals surface area (Å²) in [5.74, 6) is 4.71. The van der Waals surface area contributed by atoms with E-state index in [2.05, 4.69) is 5.43 Å². The van der Waals surface area contributed by atoms with Gasteiger partial charge in [0.1, 0.15) is 0 Å². The number of anilines is 1. The zero-order chi connectivity index (χ0) is 21.0. The summed E-state index contributed by atoms with van der Waals surface area (Å²) >= 11 is 0. The number of urea groups is 1. The molecule has 0 unspecified atom stereocenters. The number of hydrogen-bond donors (Lipinski definition) is 2. The highest BCUT2D eigenvalue weighted by Crippen LogP contribution is 2.21. The first kappa shape index (κ1) is 20.8. The predicted octanol–water partition coefficient (Wildman–Crippen LogP) is 1.46. The summed E-state index contributed by atoms with van der Waals surface area (Å²) in [7, 11) is -3.08. The molecule has 0 saturated carbocycles. The fourth-order valence-electron chi connectivity index (χ4n) is 3.10. The Labute approximate surface area is 170 Å². The molecule has 0 aliphatic carbocycles. The van der Waals surface area contributed by atoms with Crippen LogP contribution in [0, 0.1) is 6.92 Å². The maximum Gasteiger partial charge on any atom is 0.324 e. The molecule has 1 aliphatic rings. The van der Waals surface area contributed by atoms with Gasteiger partial charge in [0, 0.05) is 24.3 Å². The lowest BCUT2D eigenvalue weighted by molar-refractivity contribution is 0.0953. The van der Waals surface area contributed by atoms with Crippen molar-refractivity contribution >= 4 is 27.5 Å². The Morgan fingerprint density at radius 3 is 2.17 bits per heavy atom. The number of rotatable bonds is 4. The van der Waals surface area contributed by atoms with Crippen molar-refractivity contribution in [3.8, 4) is 0 Å². The first-order valence-electron chi connectivity index (χ1n) is 9.22. The zero-order valence-electron chi connectivity index (χ0n) is 16.2. The minimum absolute atomic E-state index is 0.0244. The average molecular weight is 417 g/mol. The summed E-state index contributed by atoms with van der Waals surface area (Å²) in [5, 5.41) is 0. The Bertz CT molecular complexity index is 974. The van der Waals surface area contributed by atoms with Crippen molar-refractivity contribution in [1.29, 1.82) is 0 Å². The number of nitrogens with two attached hydrogens (primary N) is 1. The van der Waals surface area contributed by atoms with Crippen LogP contribution in [-0.2, 0) is 16.4 Å². The second-order valence-electron chi connectivity index (χ2n) is 7.01. The van der Waals surface area contributed by atoms with Crippen LogP contribution in [0.25, 0.3) is 0 Å². The van der Waals surface area contributed by atoms with Crippen LogP contribution in [0.15, 0.2) is 48.5 Å². The molecule has 0 radical (unpaired) electrons. The molecule has 9 heteroatoms. The highest BCUT2D eigenvalue weighted by Gasteiger charge is 2.29. The SMILES string of the molecule is Cc1ccc(N(Cc2ccc(C(=O)NN)cc2)C(=O)N2CCS(=O)(=O)CC2)cc1. The smallest absolute Gasteiger partial charge is 0.322 e. The van der Waals surface area contributed by atoms with E-state index in [9.17, 15) is 18.0 Å². The summed E-state index contributed by atoms with van der Waals surface area (Å²) in [6.07, 6.45) is 0. The maximum absolute atomic E-state index is 13.2. The van der Waals surface area contributed by atoms with Crippen LogP contribution in [0.1, 0.15) is 21.5 Å². The van der Waals surface area contributed by atoms with Gasteiger partial charge in [-0.05, 0) is 36.8 Å². The normalized spacial score (nSPS) is 15.6. The standard InChI is InChI=1S/C20H24N4O4S/c1-15-2-8-18(9-3-15)24(20(26)23-10-12-29(27,28)13-11-23)14-16-4-6-17(7-5-16)19(25)22-21/h2-9H,10-14,21H2,1H3,(H,22,25). The van der Waals surface area contributed by atoms with E-state index in [0.29, 0.717) is 5.56 Å². The molecule has 2 aromatic rings. The Hall–Kier alpha value is -2.91. The van der Waals surface area contributed by atoms with Crippen LogP contribution >= 0.6 is 0 Å². The molecule has 1 fully saturated rings. The number of nitrogen functional groups attached to an aromatic ring is 1. The zero-order valence-corrected chi connectivity index (χ0v) is 17.0. The molecule has 1 aliphatic heterocycles. The Balaban J connectivity index is 1.84. The third kappa shape index (κ3) is 5.12. The average Bonchev–Trinajstić information content (AvgIpc) is 2.72. The molecule has 0 spiro atoms. The van der Waals surface area contributed by atoms with E-state index in [1.807, 2.05) is 31.2 Å². The van der Waals surface area contributed by atoms with Crippen molar-refractivity contribution in [1.82, 2.24) is 10.3 Å². The molecule has 0 aromatic heterocycles. The quantitative estimate of drug-likeness (QED) is 0.445. The second kappa shape index (κ2) is 8.62. The Morgan fingerprint density at radius 1 is 1.03 bits per heavy atom. The van der Waals surface area contributed by atoms with E-state index in [-0.39, 0.29) is 37.2 Å². The van der Waals surface area contributed by atoms with Gasteiger partial charge in [-0.2, -0.15) is 0 Å². The highest BCUT2D eigenvalue weighted by atomic mass is 32.2. The van der Waals surface area contributed by atoms with Crippen LogP contribution in [0.2, 0.25) is 0 Å². The molecule has 0 atom stereocenters. The number of nitrogens with one attached hydrogen (secondary N) is 1. The molecular formula is C20H24N4O4S. The predicted molar refractivity (Wildman–Crippen MR) is 111 cm³/mol. The van der Waals surface area contributed by atoms with E-state index in [0.717, 1.165) is 16.8 Å². The minimum atomic E-state index is -3.08. The lowest BCUT2D eigenvalue weighted by atomic mass is 10.1. The number of nitrogens with zero attached hydrogens (tertiary/aromatic N) is 2. The van der Waals surface area contributed by atoms with Gasteiger partial charge in [0.2, 0.25) is 0 Å². The number of carbonyl (C=O) groups excluding carboxylic acids is 2. The van der Waals surface area contributed by atoms with Gasteiger partial charge in [-0.15, -0.1) is 0 Å². The molecule has 1 saturated heterocycles. The van der Waals surface area contributed by atoms with Crippen molar-refractivity contribution in [3.05, 3.63) is 65.2 Å². The number of sulfone groups is 1. The van der Waals surface area contributed by atoms with E-state index in [1.165, 1.54) is 0 Å². The molecule has 2 aromatic carbocycles. The van der Waals surface area contributed by atoms with Gasteiger partial charge in [-0.3, -0.25) is 15.1 Å². The fraction of sp³-hybridized carbons (Fsp3) is 0.300. The second-order valence-corrected chi connectivity index (χ2v) is 9.32. The Kier molecular flexibility index (Phi) is 6.19. The highest BCUT2D eigenvalue weighted by molar-refractivity contribution is 7.91. The van der Waals surface area contributed by atoms with Gasteiger partial charge in [-0.1, -0.05) is 29.8 Å². The van der Waals surface area contributed by atoms with Crippen LogP contribution in [0.4, 0.5) is 10.5 Å². The third-order valence-corrected chi connectivity index (χ3v) is 6.49. The monoisotopic (exact) mass is 416 g/mol. The Morgan fingerprint density at radius 2 is 1.62 bits per heavy atom. The van der Waals surface area contributed by atoms with Gasteiger partial charge >= 0.3 is 6.03 Å². The third-order valence-electron chi connectivity index (χ3n) is 4.88. The van der Waals surface area contributed by atoms with Crippen LogP contribution in [0.3, 0.4) is 0 Å². The van der Waals surface area contributed by atoms with Crippen molar-refractivity contribution < 1.29 is 18.0 Å². The van der Waals surface area contributed by atoms with E-state index in [4.69, 9.17) is 5.84 Å². The summed E-state index contributed by atoms with van der Waals surface area (Å²) < 4.78 is 23.4. The van der Waals surface area contributed by atoms with Crippen molar-refractivity contribution in [2.24, 2.45) is 5.84 Å². The molecule has 8 nitrogen and oxygen atoms in total. The largest absolute Gasteiger partial charge is 0.324 e. The van der Waals surface area contributed by atoms with Gasteiger partial charge in [0.25, 0.3) is 5.91 Å². The summed E-state index contributed by atoms with van der Waals surface area (Å²) in [6.45, 7) is 2.61. The lowest BCUT2D eigenvalue weighted by Crippen LogP contribution is -2.49. The van der Waals surface area contributed by atoms with Gasteiger partial charge in [-0.25, -0.2) is 19.1 Å². The maximum atomic E-state index is 13.2. The lowest BCUT2D eigenvalue weighted by Gasteiger charge is -2.33. The molecule has 3 N–H and O–H groups in total. The van der Waals surface area contributed by atoms with Gasteiger partial charge in [0.05, 0.1) is 18.1 Å². The minimum Gasteiger partial charge on any atom is -0.322 e. The molecule has 29 heavy (non-hydrogen) atoms. The van der Waals surface area contributed by atoms with Crippen LogP contribution in [0.5, 0.6) is 0 Å². The summed E-state index contributed by atoms with van der Waals surface area (Å²) in [4.78, 5) is 28.0. The van der Waals surface area contributed by atoms with Crippen LogP contribution in [-0.4, -0.2) is 49.9 Å². The topological polar surface area (TPSA) is 113 Å². The number of hydrazine groups is 1. The molecular weight excluding hydrogens is 392 g/mol. The number of hydrogen-bond acceptors (Lipinski definition) is 5. The molecule has 3 amide bonds. The summed E-state index contributed by atoms with van der Waals surface area (Å²) in [6, 6.07) is 14.1. The van der Waals surface area contributed by atoms with E-state index >= 15 is 0 Å². The molecule has 3 rings (SSSR count). The molecule has 1 heterocycles. The molecule has 154 valence electrons. The molecule has 0 bridgehead atoms. The van der Waals surface area contributed by atoms with Crippen LogP contribution < -0.4 is 16.2 Å². The first-order chi connectivity index (χ1) is 13.8. The summed E-state index contributed by atoms with van der Waals surface area (Å²) in [5.41, 5.74) is 5.13. The van der Waals surface area contributed by atoms with E-state index in [1.54, 1.807) is 34.1 Å². The number of aryl methyl sites for hydroxylation is 1.